The van der Waals surface area contributed by atoms with E-state index in [-0.39, 0.29) is 50.5 Å². The summed E-state index contributed by atoms with van der Waals surface area (Å²) >= 11 is 24.6. The lowest BCUT2D eigenvalue weighted by Gasteiger charge is -2.34. The number of halogens is 4. The Kier molecular flexibility index (Phi) is 12.0. The standard InChI is InChI=1S/C33H30Cl4N2O5/c34-25-11-9-21(15-27(25)36)13-23-18-39(19-24(32(23)43)14-22-10-12-26(35)28(37)16-22)33(44)29(17-20-5-2-1-3-6-20)38-30(40)7-4-8-31(41)42/h1-3,5-6,9-16,29-30,38,40H,4,7-8,17-19H2,(H,41,42)/b23-13+,24-14+/t29-,30?/m1/s1. The lowest BCUT2D eigenvalue weighted by molar-refractivity contribution is -0.138. The van der Waals surface area contributed by atoms with Crippen LogP contribution in [0.5, 0.6) is 0 Å². The maximum atomic E-state index is 14.1. The number of amides is 1. The molecule has 0 bridgehead atoms. The molecule has 7 nitrogen and oxygen atoms in total. The van der Waals surface area contributed by atoms with Crippen LogP contribution in [0.15, 0.2) is 77.9 Å². The van der Waals surface area contributed by atoms with E-state index in [2.05, 4.69) is 5.32 Å². The molecule has 1 unspecified atom stereocenters. The van der Waals surface area contributed by atoms with Crippen molar-refractivity contribution in [2.24, 2.45) is 0 Å². The minimum atomic E-state index is -1.11. The predicted molar refractivity (Wildman–Crippen MR) is 175 cm³/mol. The van der Waals surface area contributed by atoms with Crippen LogP contribution in [0.25, 0.3) is 12.2 Å². The summed E-state index contributed by atoms with van der Waals surface area (Å²) in [7, 11) is 0. The molecule has 3 aromatic carbocycles. The van der Waals surface area contributed by atoms with E-state index < -0.39 is 18.2 Å². The van der Waals surface area contributed by atoms with Crippen LogP contribution in [-0.2, 0) is 20.8 Å². The van der Waals surface area contributed by atoms with Gasteiger partial charge in [0.1, 0.15) is 6.23 Å². The molecule has 11 heteroatoms. The number of piperidine rings is 1. The molecule has 4 rings (SSSR count). The smallest absolute Gasteiger partial charge is 0.303 e. The Morgan fingerprint density at radius 1 is 0.841 bits per heavy atom. The normalized spacial score (nSPS) is 16.8. The Hall–Kier alpha value is -3.17. The van der Waals surface area contributed by atoms with Gasteiger partial charge >= 0.3 is 5.97 Å². The van der Waals surface area contributed by atoms with E-state index in [0.29, 0.717) is 42.4 Å². The molecular weight excluding hydrogens is 646 g/mol. The number of carboxylic acid groups (broad SMARTS) is 1. The summed E-state index contributed by atoms with van der Waals surface area (Å²) < 4.78 is 0. The van der Waals surface area contributed by atoms with Gasteiger partial charge < -0.3 is 15.1 Å². The lowest BCUT2D eigenvalue weighted by atomic mass is 9.93. The molecule has 0 saturated carbocycles. The molecule has 0 radical (unpaired) electrons. The molecule has 1 heterocycles. The van der Waals surface area contributed by atoms with E-state index in [1.54, 1.807) is 53.5 Å². The molecule has 2 atom stereocenters. The number of carbonyl (C=O) groups is 3. The van der Waals surface area contributed by atoms with Crippen molar-refractivity contribution in [2.45, 2.75) is 38.0 Å². The van der Waals surface area contributed by atoms with Crippen LogP contribution in [0.4, 0.5) is 0 Å². The van der Waals surface area contributed by atoms with Gasteiger partial charge in [-0.15, -0.1) is 0 Å². The molecule has 44 heavy (non-hydrogen) atoms. The predicted octanol–water partition coefficient (Wildman–Crippen LogP) is 6.95. The van der Waals surface area contributed by atoms with Crippen LogP contribution in [-0.4, -0.2) is 58.1 Å². The number of carboxylic acids is 1. The van der Waals surface area contributed by atoms with Gasteiger partial charge in [-0.3, -0.25) is 19.7 Å². The number of hydrogen-bond acceptors (Lipinski definition) is 5. The Bertz CT molecular complexity index is 1520. The lowest BCUT2D eigenvalue weighted by Crippen LogP contribution is -2.53. The number of aliphatic hydroxyl groups is 1. The van der Waals surface area contributed by atoms with E-state index >= 15 is 0 Å². The SMILES string of the molecule is O=C(O)CCCC(O)N[C@H](Cc1ccccc1)C(=O)N1C/C(=C\c2ccc(Cl)c(Cl)c2)C(=O)/C(=C/c2ccc(Cl)c(Cl)c2)C1. The van der Waals surface area contributed by atoms with Gasteiger partial charge in [-0.2, -0.15) is 0 Å². The summed E-state index contributed by atoms with van der Waals surface area (Å²) in [5, 5.41) is 24.1. The average Bonchev–Trinajstić information content (AvgIpc) is 2.98. The fourth-order valence-electron chi connectivity index (χ4n) is 4.85. The minimum absolute atomic E-state index is 0.0126. The Labute approximate surface area is 275 Å². The Morgan fingerprint density at radius 3 is 1.89 bits per heavy atom. The largest absolute Gasteiger partial charge is 0.481 e. The number of ketones is 1. The molecular formula is C33H30Cl4N2O5. The van der Waals surface area contributed by atoms with Gasteiger partial charge in [0.25, 0.3) is 0 Å². The second kappa shape index (κ2) is 15.7. The van der Waals surface area contributed by atoms with Crippen molar-refractivity contribution in [2.75, 3.05) is 13.1 Å². The van der Waals surface area contributed by atoms with E-state index in [9.17, 15) is 19.5 Å². The van der Waals surface area contributed by atoms with Crippen molar-refractivity contribution in [3.05, 3.63) is 115 Å². The van der Waals surface area contributed by atoms with Gasteiger partial charge in [-0.1, -0.05) is 88.9 Å². The van der Waals surface area contributed by atoms with Gasteiger partial charge in [0.2, 0.25) is 5.91 Å². The molecule has 0 aromatic heterocycles. The number of aliphatic hydroxyl groups excluding tert-OH is 1. The molecule has 1 fully saturated rings. The molecule has 1 saturated heterocycles. The van der Waals surface area contributed by atoms with Crippen LogP contribution in [0.3, 0.4) is 0 Å². The summed E-state index contributed by atoms with van der Waals surface area (Å²) in [6.07, 6.45) is 2.78. The molecule has 0 aliphatic carbocycles. The van der Waals surface area contributed by atoms with E-state index in [4.69, 9.17) is 51.5 Å². The van der Waals surface area contributed by atoms with Gasteiger partial charge in [0.15, 0.2) is 5.78 Å². The van der Waals surface area contributed by atoms with Crippen molar-refractivity contribution >= 4 is 76.2 Å². The van der Waals surface area contributed by atoms with Gasteiger partial charge in [0, 0.05) is 30.7 Å². The second-order valence-corrected chi connectivity index (χ2v) is 12.0. The molecule has 1 aliphatic heterocycles. The number of benzene rings is 3. The van der Waals surface area contributed by atoms with E-state index in [1.165, 1.54) is 0 Å². The maximum Gasteiger partial charge on any atom is 0.303 e. The van der Waals surface area contributed by atoms with Crippen molar-refractivity contribution in [1.82, 2.24) is 10.2 Å². The Balaban J connectivity index is 1.68. The highest BCUT2D eigenvalue weighted by molar-refractivity contribution is 6.42. The van der Waals surface area contributed by atoms with Crippen LogP contribution in [0, 0.1) is 0 Å². The second-order valence-electron chi connectivity index (χ2n) is 10.4. The number of hydrogen-bond donors (Lipinski definition) is 3. The fourth-order valence-corrected chi connectivity index (χ4v) is 5.46. The summed E-state index contributed by atoms with van der Waals surface area (Å²) in [5.41, 5.74) is 2.85. The quantitative estimate of drug-likeness (QED) is 0.150. The van der Waals surface area contributed by atoms with Crippen molar-refractivity contribution in [1.29, 1.82) is 0 Å². The molecule has 230 valence electrons. The molecule has 1 amide bonds. The van der Waals surface area contributed by atoms with Gasteiger partial charge in [-0.05, 0) is 72.4 Å². The first-order valence-corrected chi connectivity index (χ1v) is 15.4. The number of nitrogens with one attached hydrogen (secondary N) is 1. The maximum absolute atomic E-state index is 14.1. The monoisotopic (exact) mass is 674 g/mol. The first kappa shape index (κ1) is 33.7. The Morgan fingerprint density at radius 2 is 1.39 bits per heavy atom. The first-order chi connectivity index (χ1) is 21.0. The fraction of sp³-hybridized carbons (Fsp3) is 0.242. The minimum Gasteiger partial charge on any atom is -0.481 e. The van der Waals surface area contributed by atoms with Crippen LogP contribution in [0.1, 0.15) is 36.0 Å². The number of likely N-dealkylation sites (tertiary alicyclic amines) is 1. The summed E-state index contributed by atoms with van der Waals surface area (Å²) in [6.45, 7) is 0.0252. The van der Waals surface area contributed by atoms with Crippen LogP contribution in [0.2, 0.25) is 20.1 Å². The molecule has 3 N–H and O–H groups in total. The number of aliphatic carboxylic acids is 1. The highest BCUT2D eigenvalue weighted by Crippen LogP contribution is 2.28. The third kappa shape index (κ3) is 9.41. The van der Waals surface area contributed by atoms with Gasteiger partial charge in [0.05, 0.1) is 26.1 Å². The third-order valence-electron chi connectivity index (χ3n) is 7.03. The molecule has 3 aromatic rings. The van der Waals surface area contributed by atoms with E-state index in [1.807, 2.05) is 30.3 Å². The highest BCUT2D eigenvalue weighted by Gasteiger charge is 2.33. The highest BCUT2D eigenvalue weighted by atomic mass is 35.5. The van der Waals surface area contributed by atoms with Gasteiger partial charge in [-0.25, -0.2) is 0 Å². The van der Waals surface area contributed by atoms with Crippen molar-refractivity contribution in [3.63, 3.8) is 0 Å². The number of carbonyl (C=O) groups excluding carboxylic acids is 2. The zero-order valence-electron chi connectivity index (χ0n) is 23.5. The summed E-state index contributed by atoms with van der Waals surface area (Å²) in [5.74, 6) is -1.54. The number of nitrogens with zero attached hydrogens (tertiary/aromatic N) is 1. The third-order valence-corrected chi connectivity index (χ3v) is 8.51. The van der Waals surface area contributed by atoms with Crippen LogP contribution < -0.4 is 5.32 Å². The zero-order chi connectivity index (χ0) is 31.8. The number of Topliss-reactive ketones (excluding diaryl/α,β-unsaturated/α-hetero) is 1. The summed E-state index contributed by atoms with van der Waals surface area (Å²) in [4.78, 5) is 40.4. The topological polar surface area (TPSA) is 107 Å². The van der Waals surface area contributed by atoms with Crippen LogP contribution >= 0.6 is 46.4 Å². The average molecular weight is 676 g/mol. The van der Waals surface area contributed by atoms with E-state index in [0.717, 1.165) is 5.56 Å². The van der Waals surface area contributed by atoms with Crippen molar-refractivity contribution < 1.29 is 24.6 Å². The molecule has 0 spiro atoms. The zero-order valence-corrected chi connectivity index (χ0v) is 26.5. The first-order valence-electron chi connectivity index (χ1n) is 13.8. The van der Waals surface area contributed by atoms with Crippen molar-refractivity contribution in [3.8, 4) is 0 Å². The molecule has 1 aliphatic rings. The number of rotatable bonds is 11. The summed E-state index contributed by atoms with van der Waals surface area (Å²) in [6, 6.07) is 18.5.